The number of hydrogen-bond acceptors (Lipinski definition) is 8. The lowest BCUT2D eigenvalue weighted by Gasteiger charge is -2.56. The number of H-pyrrole nitrogens is 1. The summed E-state index contributed by atoms with van der Waals surface area (Å²) < 4.78 is 5.31. The van der Waals surface area contributed by atoms with Crippen molar-refractivity contribution >= 4 is 28.4 Å². The number of nitrogens with one attached hydrogen (secondary N) is 2. The highest BCUT2D eigenvalue weighted by Gasteiger charge is 2.44. The third-order valence-electron chi connectivity index (χ3n) is 8.66. The molecule has 1 aliphatic carbocycles. The van der Waals surface area contributed by atoms with E-state index in [-0.39, 0.29) is 0 Å². The highest BCUT2D eigenvalue weighted by Crippen LogP contribution is 2.40. The molecule has 9 nitrogen and oxygen atoms in total. The Bertz CT molecular complexity index is 1680. The molecule has 3 aliphatic heterocycles. The third-order valence-corrected chi connectivity index (χ3v) is 8.66. The molecule has 2 aromatic carbocycles. The first kappa shape index (κ1) is 24.3. The number of para-hydroxylation sites is 1. The highest BCUT2D eigenvalue weighted by molar-refractivity contribution is 5.92. The maximum atomic E-state index is 5.31. The maximum absolute atomic E-state index is 5.31. The predicted molar refractivity (Wildman–Crippen MR) is 160 cm³/mol. The minimum Gasteiger partial charge on any atom is -0.497 e. The number of piperazine rings is 1. The number of pyridine rings is 1. The summed E-state index contributed by atoms with van der Waals surface area (Å²) >= 11 is 0. The van der Waals surface area contributed by atoms with Crippen LogP contribution < -0.4 is 15.0 Å². The van der Waals surface area contributed by atoms with Gasteiger partial charge in [-0.05, 0) is 61.2 Å². The molecule has 2 N–H and O–H groups in total. The molecule has 9 heteroatoms. The Hall–Kier alpha value is -4.50. The van der Waals surface area contributed by atoms with Crippen molar-refractivity contribution in [3.63, 3.8) is 0 Å². The molecule has 6 heterocycles. The Morgan fingerprint density at radius 2 is 1.80 bits per heavy atom. The van der Waals surface area contributed by atoms with E-state index in [1.54, 1.807) is 7.11 Å². The summed E-state index contributed by atoms with van der Waals surface area (Å²) in [5.74, 6) is 4.70. The molecule has 4 aliphatic rings. The van der Waals surface area contributed by atoms with Crippen LogP contribution in [-0.2, 0) is 6.54 Å². The first-order valence-corrected chi connectivity index (χ1v) is 14.4. The molecular weight excluding hydrogens is 512 g/mol. The van der Waals surface area contributed by atoms with E-state index in [9.17, 15) is 0 Å². The van der Waals surface area contributed by atoms with Gasteiger partial charge in [-0.1, -0.05) is 24.3 Å². The molecule has 9 rings (SSSR count). The van der Waals surface area contributed by atoms with E-state index in [4.69, 9.17) is 19.7 Å². The third kappa shape index (κ3) is 4.66. The number of methoxy groups -OCH3 is 1. The van der Waals surface area contributed by atoms with Gasteiger partial charge in [0, 0.05) is 66.5 Å². The lowest BCUT2D eigenvalue weighted by atomic mass is 9.86. The molecule has 41 heavy (non-hydrogen) atoms. The Labute approximate surface area is 238 Å². The van der Waals surface area contributed by atoms with Gasteiger partial charge in [0.25, 0.3) is 0 Å². The van der Waals surface area contributed by atoms with Crippen molar-refractivity contribution in [2.45, 2.75) is 43.8 Å². The molecule has 206 valence electrons. The standard InChI is InChI=1S/C32H32N8O/c1-41-25-11-6-20(7-12-25)17-40-23-14-24(40)19-39(18-23)30-13-10-22(16-33-30)31-34-27-5-3-2-4-26(27)32(36-31)35-29-15-28(37-38-29)21-8-9-21/h2-7,10-13,15-16,21,23-24H,8-9,14,17-19H2,1H3,(H2,34,35,36,37,38). The van der Waals surface area contributed by atoms with Gasteiger partial charge in [0.15, 0.2) is 11.6 Å². The van der Waals surface area contributed by atoms with Crippen molar-refractivity contribution in [1.29, 1.82) is 0 Å². The Balaban J connectivity index is 0.986. The lowest BCUT2D eigenvalue weighted by Crippen LogP contribution is -2.68. The van der Waals surface area contributed by atoms with Crippen LogP contribution in [0, 0.1) is 0 Å². The number of aromatic nitrogens is 5. The van der Waals surface area contributed by atoms with Crippen molar-refractivity contribution in [2.75, 3.05) is 30.4 Å². The van der Waals surface area contributed by atoms with Crippen molar-refractivity contribution in [3.8, 4) is 17.1 Å². The molecule has 3 saturated heterocycles. The minimum atomic E-state index is 0.553. The Morgan fingerprint density at radius 3 is 2.56 bits per heavy atom. The van der Waals surface area contributed by atoms with E-state index in [1.165, 1.54) is 30.5 Å². The van der Waals surface area contributed by atoms with E-state index < -0.39 is 0 Å². The quantitative estimate of drug-likeness (QED) is 0.264. The van der Waals surface area contributed by atoms with Crippen molar-refractivity contribution in [1.82, 2.24) is 30.0 Å². The minimum absolute atomic E-state index is 0.553. The average Bonchev–Trinajstić information content (AvgIpc) is 3.78. The summed E-state index contributed by atoms with van der Waals surface area (Å²) in [6.45, 7) is 2.97. The smallest absolute Gasteiger partial charge is 0.163 e. The maximum Gasteiger partial charge on any atom is 0.163 e. The van der Waals surface area contributed by atoms with Crippen LogP contribution in [-0.4, -0.2) is 62.3 Å². The largest absolute Gasteiger partial charge is 0.497 e. The van der Waals surface area contributed by atoms with E-state index in [1.807, 2.05) is 42.6 Å². The van der Waals surface area contributed by atoms with Crippen molar-refractivity contribution in [3.05, 3.63) is 84.2 Å². The fraction of sp³-hybridized carbons (Fsp3) is 0.312. The molecule has 2 atom stereocenters. The second-order valence-corrected chi connectivity index (χ2v) is 11.4. The van der Waals surface area contributed by atoms with Gasteiger partial charge in [-0.25, -0.2) is 15.0 Å². The molecule has 2 unspecified atom stereocenters. The van der Waals surface area contributed by atoms with Crippen molar-refractivity contribution in [2.24, 2.45) is 0 Å². The second kappa shape index (κ2) is 9.85. The average molecular weight is 545 g/mol. The number of fused-ring (bicyclic) bond motifs is 3. The second-order valence-electron chi connectivity index (χ2n) is 11.4. The van der Waals surface area contributed by atoms with Gasteiger partial charge in [-0.15, -0.1) is 0 Å². The fourth-order valence-electron chi connectivity index (χ4n) is 6.21. The number of rotatable bonds is 8. The molecule has 0 spiro atoms. The van der Waals surface area contributed by atoms with Crippen LogP contribution in [0.3, 0.4) is 0 Å². The van der Waals surface area contributed by atoms with Gasteiger partial charge < -0.3 is 15.0 Å². The number of hydrogen-bond donors (Lipinski definition) is 2. The summed E-state index contributed by atoms with van der Waals surface area (Å²) in [5.41, 5.74) is 4.29. The highest BCUT2D eigenvalue weighted by atomic mass is 16.5. The van der Waals surface area contributed by atoms with Crippen LogP contribution in [0.4, 0.5) is 17.5 Å². The number of benzene rings is 2. The zero-order valence-electron chi connectivity index (χ0n) is 23.0. The van der Waals surface area contributed by atoms with Gasteiger partial charge in [0.2, 0.25) is 0 Å². The number of anilines is 3. The van der Waals surface area contributed by atoms with Gasteiger partial charge in [0.1, 0.15) is 17.4 Å². The first-order valence-electron chi connectivity index (χ1n) is 14.4. The molecule has 0 radical (unpaired) electrons. The summed E-state index contributed by atoms with van der Waals surface area (Å²) in [4.78, 5) is 19.7. The van der Waals surface area contributed by atoms with E-state index in [0.717, 1.165) is 59.3 Å². The van der Waals surface area contributed by atoms with E-state index in [2.05, 4.69) is 55.6 Å². The zero-order chi connectivity index (χ0) is 27.3. The fourth-order valence-corrected chi connectivity index (χ4v) is 6.21. The van der Waals surface area contributed by atoms with Gasteiger partial charge in [0.05, 0.1) is 12.6 Å². The van der Waals surface area contributed by atoms with Gasteiger partial charge in [-0.3, -0.25) is 10.00 Å². The Morgan fingerprint density at radius 1 is 0.976 bits per heavy atom. The van der Waals surface area contributed by atoms with E-state index >= 15 is 0 Å². The van der Waals surface area contributed by atoms with Crippen LogP contribution >= 0.6 is 0 Å². The number of aromatic amines is 1. The SMILES string of the molecule is COc1ccc(CN2C3CC2CN(c2ccc(-c4nc(Nc5cc(C6CC6)[nH]n5)c5ccccc5n4)cn2)C3)cc1. The molecule has 5 aromatic rings. The van der Waals surface area contributed by atoms with Gasteiger partial charge >= 0.3 is 0 Å². The van der Waals surface area contributed by atoms with Crippen LogP contribution in [0.5, 0.6) is 5.75 Å². The molecular formula is C32H32N8O. The number of ether oxygens (including phenoxy) is 1. The van der Waals surface area contributed by atoms with Crippen LogP contribution in [0.1, 0.15) is 36.4 Å². The van der Waals surface area contributed by atoms with Crippen molar-refractivity contribution < 1.29 is 4.74 Å². The summed E-state index contributed by atoms with van der Waals surface area (Å²) in [5, 5.41) is 12.0. The molecule has 2 bridgehead atoms. The van der Waals surface area contributed by atoms with E-state index in [0.29, 0.717) is 23.8 Å². The molecule has 0 amide bonds. The molecule has 3 aromatic heterocycles. The van der Waals surface area contributed by atoms with Crippen LogP contribution in [0.25, 0.3) is 22.3 Å². The molecule has 1 saturated carbocycles. The van der Waals surface area contributed by atoms with Crippen LogP contribution in [0.15, 0.2) is 72.9 Å². The lowest BCUT2D eigenvalue weighted by molar-refractivity contribution is -0.00868. The normalized spacial score (nSPS) is 20.2. The summed E-state index contributed by atoms with van der Waals surface area (Å²) in [6, 6.07) is 23.9. The zero-order valence-corrected chi connectivity index (χ0v) is 23.0. The first-order chi connectivity index (χ1) is 20.2. The van der Waals surface area contributed by atoms with Gasteiger partial charge in [-0.2, -0.15) is 5.10 Å². The molecule has 4 fully saturated rings. The Kier molecular flexibility index (Phi) is 5.84. The summed E-state index contributed by atoms with van der Waals surface area (Å²) in [6.07, 6.45) is 5.61. The topological polar surface area (TPSA) is 95.1 Å². The summed E-state index contributed by atoms with van der Waals surface area (Å²) in [7, 11) is 1.71. The monoisotopic (exact) mass is 544 g/mol. The number of piperidine rings is 1. The van der Waals surface area contributed by atoms with Crippen LogP contribution in [0.2, 0.25) is 0 Å². The predicted octanol–water partition coefficient (Wildman–Crippen LogP) is 5.51. The number of nitrogens with zero attached hydrogens (tertiary/aromatic N) is 6.